The minimum absolute atomic E-state index is 0.216. The lowest BCUT2D eigenvalue weighted by atomic mass is 10.3. The van der Waals surface area contributed by atoms with Gasteiger partial charge in [-0.1, -0.05) is 0 Å². The topological polar surface area (TPSA) is 79.8 Å². The largest absolute Gasteiger partial charge is 0.469 e. The highest BCUT2D eigenvalue weighted by atomic mass is 32.2. The number of hydrogen-bond acceptors (Lipinski definition) is 6. The molecule has 116 valence electrons. The van der Waals surface area contributed by atoms with Gasteiger partial charge in [0, 0.05) is 45.1 Å². The van der Waals surface area contributed by atoms with Gasteiger partial charge < -0.3 is 9.64 Å². The minimum Gasteiger partial charge on any atom is -0.469 e. The minimum atomic E-state index is -3.47. The molecule has 2 heterocycles. The standard InChI is InChI=1S/C13H19N3O4S/c1-20-13(17)4-6-15-7-9-16(10-8-15)21(18,19)12-3-2-5-14-11-12/h2-3,5,11H,4,6-10H2,1H3. The SMILES string of the molecule is COC(=O)CCN1CCN(S(=O)(=O)c2cccnc2)CC1. The van der Waals surface area contributed by atoms with Gasteiger partial charge in [-0.15, -0.1) is 0 Å². The molecule has 1 aromatic heterocycles. The Morgan fingerprint density at radius 1 is 1.33 bits per heavy atom. The second-order valence-electron chi connectivity index (χ2n) is 4.76. The number of sulfonamides is 1. The Morgan fingerprint density at radius 3 is 2.62 bits per heavy atom. The van der Waals surface area contributed by atoms with Gasteiger partial charge in [0.25, 0.3) is 0 Å². The molecule has 1 saturated heterocycles. The Morgan fingerprint density at radius 2 is 2.05 bits per heavy atom. The van der Waals surface area contributed by atoms with Gasteiger partial charge in [-0.25, -0.2) is 8.42 Å². The molecule has 2 rings (SSSR count). The second-order valence-corrected chi connectivity index (χ2v) is 6.70. The van der Waals surface area contributed by atoms with Crippen LogP contribution in [0.2, 0.25) is 0 Å². The summed E-state index contributed by atoms with van der Waals surface area (Å²) in [4.78, 5) is 17.2. The third-order valence-electron chi connectivity index (χ3n) is 3.46. The van der Waals surface area contributed by atoms with Crippen LogP contribution >= 0.6 is 0 Å². The van der Waals surface area contributed by atoms with Gasteiger partial charge in [0.2, 0.25) is 10.0 Å². The highest BCUT2D eigenvalue weighted by Crippen LogP contribution is 2.16. The lowest BCUT2D eigenvalue weighted by Gasteiger charge is -2.33. The van der Waals surface area contributed by atoms with Crippen LogP contribution in [0.5, 0.6) is 0 Å². The number of rotatable bonds is 5. The van der Waals surface area contributed by atoms with Gasteiger partial charge >= 0.3 is 5.97 Å². The molecule has 7 nitrogen and oxygen atoms in total. The van der Waals surface area contributed by atoms with Crippen molar-refractivity contribution in [3.63, 3.8) is 0 Å². The van der Waals surface area contributed by atoms with Crippen LogP contribution in [-0.4, -0.2) is 68.4 Å². The molecule has 8 heteroatoms. The van der Waals surface area contributed by atoms with Crippen molar-refractivity contribution in [3.8, 4) is 0 Å². The highest BCUT2D eigenvalue weighted by Gasteiger charge is 2.28. The fraction of sp³-hybridized carbons (Fsp3) is 0.538. The molecule has 1 aromatic rings. The Bertz CT molecular complexity index is 568. The molecule has 0 atom stereocenters. The number of nitrogens with zero attached hydrogens (tertiary/aromatic N) is 3. The maximum Gasteiger partial charge on any atom is 0.306 e. The predicted molar refractivity (Wildman–Crippen MR) is 76.1 cm³/mol. The number of aromatic nitrogens is 1. The van der Waals surface area contributed by atoms with E-state index in [9.17, 15) is 13.2 Å². The zero-order chi connectivity index (χ0) is 15.3. The van der Waals surface area contributed by atoms with Crippen molar-refractivity contribution in [2.24, 2.45) is 0 Å². The molecule has 0 spiro atoms. The highest BCUT2D eigenvalue weighted by molar-refractivity contribution is 7.89. The number of esters is 1. The summed E-state index contributed by atoms with van der Waals surface area (Å²) in [6, 6.07) is 3.16. The second kappa shape index (κ2) is 6.97. The molecule has 1 aliphatic heterocycles. The van der Waals surface area contributed by atoms with Crippen LogP contribution in [0.4, 0.5) is 0 Å². The third-order valence-corrected chi connectivity index (χ3v) is 5.35. The van der Waals surface area contributed by atoms with Gasteiger partial charge in [0.05, 0.1) is 13.5 Å². The monoisotopic (exact) mass is 313 g/mol. The number of methoxy groups -OCH3 is 1. The maximum atomic E-state index is 12.4. The molecule has 0 unspecified atom stereocenters. The Kier molecular flexibility index (Phi) is 5.27. The van der Waals surface area contributed by atoms with E-state index in [4.69, 9.17) is 0 Å². The molecule has 0 N–H and O–H groups in total. The van der Waals surface area contributed by atoms with E-state index >= 15 is 0 Å². The molecule has 0 bridgehead atoms. The van der Waals surface area contributed by atoms with Crippen molar-refractivity contribution in [3.05, 3.63) is 24.5 Å². The number of carbonyl (C=O) groups excluding carboxylic acids is 1. The van der Waals surface area contributed by atoms with Crippen LogP contribution in [0.3, 0.4) is 0 Å². The summed E-state index contributed by atoms with van der Waals surface area (Å²) in [7, 11) is -2.11. The lowest BCUT2D eigenvalue weighted by Crippen LogP contribution is -2.48. The summed E-state index contributed by atoms with van der Waals surface area (Å²) < 4.78 is 30.9. The van der Waals surface area contributed by atoms with Gasteiger partial charge in [-0.05, 0) is 12.1 Å². The van der Waals surface area contributed by atoms with E-state index in [1.165, 1.54) is 17.6 Å². The Labute approximate surface area is 124 Å². The molecular formula is C13H19N3O4S. The van der Waals surface area contributed by atoms with Crippen molar-refractivity contribution in [2.75, 3.05) is 39.8 Å². The molecular weight excluding hydrogens is 294 g/mol. The molecule has 0 aliphatic carbocycles. The van der Waals surface area contributed by atoms with Crippen LogP contribution in [0.1, 0.15) is 6.42 Å². The Balaban J connectivity index is 1.90. The lowest BCUT2D eigenvalue weighted by molar-refractivity contribution is -0.141. The summed E-state index contributed by atoms with van der Waals surface area (Å²) in [6.07, 6.45) is 3.23. The molecule has 1 aliphatic rings. The number of hydrogen-bond donors (Lipinski definition) is 0. The van der Waals surface area contributed by atoms with Crippen LogP contribution in [0.25, 0.3) is 0 Å². The zero-order valence-corrected chi connectivity index (χ0v) is 12.8. The first-order valence-corrected chi connectivity index (χ1v) is 8.17. The average molecular weight is 313 g/mol. The van der Waals surface area contributed by atoms with Crippen molar-refractivity contribution < 1.29 is 17.9 Å². The van der Waals surface area contributed by atoms with Crippen LogP contribution in [0.15, 0.2) is 29.4 Å². The molecule has 0 saturated carbocycles. The number of piperazine rings is 1. The van der Waals surface area contributed by atoms with E-state index in [1.807, 2.05) is 0 Å². The number of carbonyl (C=O) groups is 1. The first-order valence-electron chi connectivity index (χ1n) is 6.73. The van der Waals surface area contributed by atoms with E-state index in [0.717, 1.165) is 0 Å². The molecule has 0 amide bonds. The number of pyridine rings is 1. The van der Waals surface area contributed by atoms with E-state index in [1.54, 1.807) is 18.3 Å². The van der Waals surface area contributed by atoms with E-state index < -0.39 is 10.0 Å². The van der Waals surface area contributed by atoms with Crippen LogP contribution in [0, 0.1) is 0 Å². The van der Waals surface area contributed by atoms with Crippen molar-refractivity contribution in [1.82, 2.24) is 14.2 Å². The molecule has 0 aromatic carbocycles. The fourth-order valence-electron chi connectivity index (χ4n) is 2.19. The normalized spacial score (nSPS) is 17.6. The van der Waals surface area contributed by atoms with Crippen molar-refractivity contribution in [1.29, 1.82) is 0 Å². The first kappa shape index (κ1) is 15.9. The smallest absolute Gasteiger partial charge is 0.306 e. The van der Waals surface area contributed by atoms with E-state index in [2.05, 4.69) is 14.6 Å². The first-order chi connectivity index (χ1) is 10.0. The summed E-state index contributed by atoms with van der Waals surface area (Å²) in [5.74, 6) is -0.250. The summed E-state index contributed by atoms with van der Waals surface area (Å²) in [6.45, 7) is 2.64. The summed E-state index contributed by atoms with van der Waals surface area (Å²) in [5, 5.41) is 0. The van der Waals surface area contributed by atoms with Gasteiger partial charge in [0.15, 0.2) is 0 Å². The van der Waals surface area contributed by atoms with Crippen molar-refractivity contribution >= 4 is 16.0 Å². The van der Waals surface area contributed by atoms with Crippen molar-refractivity contribution in [2.45, 2.75) is 11.3 Å². The zero-order valence-electron chi connectivity index (χ0n) is 11.9. The average Bonchev–Trinajstić information content (AvgIpc) is 2.53. The third kappa shape index (κ3) is 3.99. The van der Waals surface area contributed by atoms with Crippen LogP contribution < -0.4 is 0 Å². The Hall–Kier alpha value is -1.51. The molecule has 21 heavy (non-hydrogen) atoms. The molecule has 1 fully saturated rings. The number of ether oxygens (including phenoxy) is 1. The maximum absolute atomic E-state index is 12.4. The summed E-state index contributed by atoms with van der Waals surface area (Å²) in [5.41, 5.74) is 0. The fourth-order valence-corrected chi connectivity index (χ4v) is 3.58. The van der Waals surface area contributed by atoms with E-state index in [0.29, 0.717) is 39.1 Å². The predicted octanol–water partition coefficient (Wildman–Crippen LogP) is -0.0490. The summed E-state index contributed by atoms with van der Waals surface area (Å²) >= 11 is 0. The van der Waals surface area contributed by atoms with Gasteiger partial charge in [0.1, 0.15) is 4.90 Å². The van der Waals surface area contributed by atoms with E-state index in [-0.39, 0.29) is 10.9 Å². The van der Waals surface area contributed by atoms with Gasteiger partial charge in [-0.3, -0.25) is 9.78 Å². The molecule has 0 radical (unpaired) electrons. The quantitative estimate of drug-likeness (QED) is 0.709. The van der Waals surface area contributed by atoms with Crippen LogP contribution in [-0.2, 0) is 19.6 Å². The van der Waals surface area contributed by atoms with Gasteiger partial charge in [-0.2, -0.15) is 4.31 Å².